The van der Waals surface area contributed by atoms with Crippen LogP contribution in [0.2, 0.25) is 0 Å². The van der Waals surface area contributed by atoms with E-state index in [1.165, 1.54) is 0 Å². The lowest BCUT2D eigenvalue weighted by Crippen LogP contribution is -2.10. The average Bonchev–Trinajstić information content (AvgIpc) is 2.72. The van der Waals surface area contributed by atoms with Crippen LogP contribution in [-0.2, 0) is 6.54 Å². The molecule has 0 amide bonds. The van der Waals surface area contributed by atoms with Crippen molar-refractivity contribution in [1.82, 2.24) is 9.97 Å². The van der Waals surface area contributed by atoms with Crippen molar-refractivity contribution in [3.63, 3.8) is 0 Å². The monoisotopic (exact) mass is 368 g/mol. The molecule has 3 rings (SSSR count). The molecule has 0 spiro atoms. The first-order valence-corrected chi connectivity index (χ1v) is 8.81. The van der Waals surface area contributed by atoms with Crippen molar-refractivity contribution in [3.05, 3.63) is 48.0 Å². The zero-order valence-electron chi connectivity index (χ0n) is 15.5. The fraction of sp³-hybridized carbons (Fsp3) is 0.300. The molecule has 142 valence electrons. The van der Waals surface area contributed by atoms with Crippen molar-refractivity contribution in [1.29, 1.82) is 0 Å². The molecular formula is C20H24N4O3. The van der Waals surface area contributed by atoms with Crippen molar-refractivity contribution in [2.45, 2.75) is 13.0 Å². The summed E-state index contributed by atoms with van der Waals surface area (Å²) in [5.41, 5.74) is 1.83. The predicted octanol–water partition coefficient (Wildman–Crippen LogP) is 3.05. The number of aliphatic hydroxyl groups is 1. The fourth-order valence-corrected chi connectivity index (χ4v) is 2.75. The van der Waals surface area contributed by atoms with E-state index in [-0.39, 0.29) is 6.61 Å². The van der Waals surface area contributed by atoms with Gasteiger partial charge in [-0.3, -0.25) is 0 Å². The summed E-state index contributed by atoms with van der Waals surface area (Å²) in [4.78, 5) is 9.19. The molecule has 0 saturated heterocycles. The van der Waals surface area contributed by atoms with E-state index in [4.69, 9.17) is 14.6 Å². The molecule has 27 heavy (non-hydrogen) atoms. The number of aliphatic hydroxyl groups excluding tert-OH is 1. The first-order chi connectivity index (χ1) is 13.2. The number of hydrogen-bond donors (Lipinski definition) is 3. The van der Waals surface area contributed by atoms with Crippen LogP contribution >= 0.6 is 0 Å². The third kappa shape index (κ3) is 4.57. The Morgan fingerprint density at radius 2 is 1.85 bits per heavy atom. The molecule has 0 aliphatic heterocycles. The Balaban J connectivity index is 1.82. The summed E-state index contributed by atoms with van der Waals surface area (Å²) in [5.74, 6) is 2.76. The highest BCUT2D eigenvalue weighted by molar-refractivity contribution is 5.90. The third-order valence-electron chi connectivity index (χ3n) is 4.16. The molecule has 0 atom stereocenters. The van der Waals surface area contributed by atoms with E-state index >= 15 is 0 Å². The minimum absolute atomic E-state index is 0.137. The van der Waals surface area contributed by atoms with Gasteiger partial charge in [0, 0.05) is 36.7 Å². The second kappa shape index (κ2) is 9.05. The largest absolute Gasteiger partial charge is 0.497 e. The highest BCUT2D eigenvalue weighted by Crippen LogP contribution is 2.26. The summed E-state index contributed by atoms with van der Waals surface area (Å²) >= 11 is 0. The quantitative estimate of drug-likeness (QED) is 0.500. The first-order valence-electron chi connectivity index (χ1n) is 8.81. The SMILES string of the molecule is COc1ccc(CNc2nc(NCCCO)c3ccccc3n2)c(OC)c1. The van der Waals surface area contributed by atoms with E-state index in [0.717, 1.165) is 33.8 Å². The van der Waals surface area contributed by atoms with Gasteiger partial charge in [0.1, 0.15) is 17.3 Å². The first kappa shape index (κ1) is 18.7. The van der Waals surface area contributed by atoms with Crippen molar-refractivity contribution in [3.8, 4) is 11.5 Å². The Hall–Kier alpha value is -3.06. The molecule has 0 saturated carbocycles. The number of rotatable bonds is 9. The molecule has 0 unspecified atom stereocenters. The molecular weight excluding hydrogens is 344 g/mol. The number of nitrogens with zero attached hydrogens (tertiary/aromatic N) is 2. The molecule has 0 radical (unpaired) electrons. The standard InChI is InChI=1S/C20H24N4O3/c1-26-15-9-8-14(18(12-15)27-2)13-22-20-23-17-7-4-3-6-16(17)19(24-20)21-10-5-11-25/h3-4,6-9,12,25H,5,10-11,13H2,1-2H3,(H2,21,22,23,24). The maximum Gasteiger partial charge on any atom is 0.225 e. The molecule has 1 heterocycles. The highest BCUT2D eigenvalue weighted by Gasteiger charge is 2.09. The van der Waals surface area contributed by atoms with Gasteiger partial charge in [-0.25, -0.2) is 4.98 Å². The van der Waals surface area contributed by atoms with Crippen LogP contribution in [-0.4, -0.2) is 42.4 Å². The number of methoxy groups -OCH3 is 2. The summed E-state index contributed by atoms with van der Waals surface area (Å²) in [7, 11) is 3.26. The second-order valence-corrected chi connectivity index (χ2v) is 5.95. The van der Waals surface area contributed by atoms with Crippen LogP contribution in [0.5, 0.6) is 11.5 Å². The Labute approximate surface area is 158 Å². The number of anilines is 2. The molecule has 1 aromatic heterocycles. The molecule has 0 aliphatic carbocycles. The number of aromatic nitrogens is 2. The van der Waals surface area contributed by atoms with Crippen molar-refractivity contribution in [2.75, 3.05) is 38.0 Å². The fourth-order valence-electron chi connectivity index (χ4n) is 2.75. The van der Waals surface area contributed by atoms with Gasteiger partial charge < -0.3 is 25.2 Å². The zero-order chi connectivity index (χ0) is 19.1. The lowest BCUT2D eigenvalue weighted by atomic mass is 10.2. The van der Waals surface area contributed by atoms with Gasteiger partial charge in [0.05, 0.1) is 19.7 Å². The molecule has 0 aliphatic rings. The number of nitrogens with one attached hydrogen (secondary N) is 2. The predicted molar refractivity (Wildman–Crippen MR) is 107 cm³/mol. The summed E-state index contributed by atoms with van der Waals surface area (Å²) in [6.07, 6.45) is 0.657. The van der Waals surface area contributed by atoms with Gasteiger partial charge in [0.25, 0.3) is 0 Å². The van der Waals surface area contributed by atoms with Crippen LogP contribution in [0.25, 0.3) is 10.9 Å². The molecule has 0 fully saturated rings. The highest BCUT2D eigenvalue weighted by atomic mass is 16.5. The van der Waals surface area contributed by atoms with Gasteiger partial charge in [-0.05, 0) is 30.7 Å². The van der Waals surface area contributed by atoms with E-state index in [0.29, 0.717) is 25.5 Å². The van der Waals surface area contributed by atoms with Gasteiger partial charge in [0.2, 0.25) is 5.95 Å². The van der Waals surface area contributed by atoms with Gasteiger partial charge in [-0.1, -0.05) is 12.1 Å². The topological polar surface area (TPSA) is 88.5 Å². The lowest BCUT2D eigenvalue weighted by Gasteiger charge is -2.13. The van der Waals surface area contributed by atoms with Crippen LogP contribution in [0.3, 0.4) is 0 Å². The van der Waals surface area contributed by atoms with Crippen LogP contribution in [0.1, 0.15) is 12.0 Å². The third-order valence-corrected chi connectivity index (χ3v) is 4.16. The summed E-state index contributed by atoms with van der Waals surface area (Å²) < 4.78 is 10.7. The Kier molecular flexibility index (Phi) is 6.27. The molecule has 3 N–H and O–H groups in total. The van der Waals surface area contributed by atoms with Gasteiger partial charge in [-0.2, -0.15) is 4.98 Å². The Bertz CT molecular complexity index is 902. The molecule has 0 bridgehead atoms. The van der Waals surface area contributed by atoms with E-state index in [9.17, 15) is 0 Å². The minimum atomic E-state index is 0.137. The maximum atomic E-state index is 9.00. The smallest absolute Gasteiger partial charge is 0.225 e. The van der Waals surface area contributed by atoms with Gasteiger partial charge >= 0.3 is 0 Å². The minimum Gasteiger partial charge on any atom is -0.497 e. The molecule has 7 heteroatoms. The Morgan fingerprint density at radius 1 is 1.00 bits per heavy atom. The summed E-state index contributed by atoms with van der Waals surface area (Å²) in [6.45, 7) is 1.29. The summed E-state index contributed by atoms with van der Waals surface area (Å²) in [6, 6.07) is 13.5. The zero-order valence-corrected chi connectivity index (χ0v) is 15.5. The number of ether oxygens (including phenoxy) is 2. The van der Waals surface area contributed by atoms with E-state index in [2.05, 4.69) is 20.6 Å². The van der Waals surface area contributed by atoms with Crippen molar-refractivity contribution < 1.29 is 14.6 Å². The second-order valence-electron chi connectivity index (χ2n) is 5.95. The van der Waals surface area contributed by atoms with E-state index in [1.807, 2.05) is 42.5 Å². The van der Waals surface area contributed by atoms with Crippen molar-refractivity contribution >= 4 is 22.7 Å². The van der Waals surface area contributed by atoms with Gasteiger partial charge in [0.15, 0.2) is 0 Å². The normalized spacial score (nSPS) is 10.6. The molecule has 7 nitrogen and oxygen atoms in total. The van der Waals surface area contributed by atoms with Crippen LogP contribution in [0, 0.1) is 0 Å². The molecule has 3 aromatic rings. The summed E-state index contributed by atoms with van der Waals surface area (Å²) in [5, 5.41) is 16.5. The average molecular weight is 368 g/mol. The number of fused-ring (bicyclic) bond motifs is 1. The number of benzene rings is 2. The van der Waals surface area contributed by atoms with E-state index < -0.39 is 0 Å². The van der Waals surface area contributed by atoms with E-state index in [1.54, 1.807) is 14.2 Å². The number of hydrogen-bond acceptors (Lipinski definition) is 7. The van der Waals surface area contributed by atoms with Crippen LogP contribution in [0.15, 0.2) is 42.5 Å². The maximum absolute atomic E-state index is 9.00. The van der Waals surface area contributed by atoms with Crippen LogP contribution < -0.4 is 20.1 Å². The molecule has 2 aromatic carbocycles. The number of para-hydroxylation sites is 1. The lowest BCUT2D eigenvalue weighted by molar-refractivity contribution is 0.292. The van der Waals surface area contributed by atoms with Crippen molar-refractivity contribution in [2.24, 2.45) is 0 Å². The van der Waals surface area contributed by atoms with Gasteiger partial charge in [-0.15, -0.1) is 0 Å². The van der Waals surface area contributed by atoms with Crippen LogP contribution in [0.4, 0.5) is 11.8 Å². The Morgan fingerprint density at radius 3 is 2.63 bits per heavy atom.